The summed E-state index contributed by atoms with van der Waals surface area (Å²) in [5.74, 6) is -1.55. The van der Waals surface area contributed by atoms with E-state index < -0.39 is 11.9 Å². The number of halogens is 4. The maximum Gasteiger partial charge on any atom is 0.304 e. The third kappa shape index (κ3) is 4.40. The Labute approximate surface area is 119 Å². The van der Waals surface area contributed by atoms with E-state index in [0.717, 1.165) is 0 Å². The molecule has 1 unspecified atom stereocenters. The van der Waals surface area contributed by atoms with E-state index in [0.29, 0.717) is 15.6 Å². The van der Waals surface area contributed by atoms with Gasteiger partial charge in [0, 0.05) is 16.0 Å². The summed E-state index contributed by atoms with van der Waals surface area (Å²) in [6, 6.07) is 4.94. The van der Waals surface area contributed by atoms with E-state index in [1.54, 1.807) is 18.2 Å². The molecular formula is C11H8Cl4O2. The van der Waals surface area contributed by atoms with Gasteiger partial charge in [0.25, 0.3) is 0 Å². The Balaban J connectivity index is 3.21. The van der Waals surface area contributed by atoms with Crippen molar-refractivity contribution in [2.75, 3.05) is 0 Å². The zero-order chi connectivity index (χ0) is 13.0. The molecule has 1 rings (SSSR count). The van der Waals surface area contributed by atoms with Crippen LogP contribution in [0.5, 0.6) is 0 Å². The standard InChI is InChI=1S/C11H8Cl4O2/c12-7-2-1-3-8(13)11(7)6(4-9(14)15)5-10(16)17/h1-4,6H,5H2,(H,16,17). The van der Waals surface area contributed by atoms with Crippen LogP contribution in [-0.4, -0.2) is 11.1 Å². The van der Waals surface area contributed by atoms with Crippen molar-refractivity contribution < 1.29 is 9.90 Å². The van der Waals surface area contributed by atoms with E-state index in [1.165, 1.54) is 6.08 Å². The van der Waals surface area contributed by atoms with Crippen molar-refractivity contribution in [1.82, 2.24) is 0 Å². The summed E-state index contributed by atoms with van der Waals surface area (Å²) in [4.78, 5) is 10.8. The fourth-order valence-electron chi connectivity index (χ4n) is 1.45. The molecule has 1 atom stereocenters. The fourth-order valence-corrected chi connectivity index (χ4v) is 2.43. The van der Waals surface area contributed by atoms with Gasteiger partial charge in [-0.15, -0.1) is 0 Å². The lowest BCUT2D eigenvalue weighted by Gasteiger charge is -2.14. The second-order valence-corrected chi connectivity index (χ2v) is 5.12. The highest BCUT2D eigenvalue weighted by Gasteiger charge is 2.19. The summed E-state index contributed by atoms with van der Waals surface area (Å²) in [7, 11) is 0. The topological polar surface area (TPSA) is 37.3 Å². The molecular weight excluding hydrogens is 306 g/mol. The third-order valence-electron chi connectivity index (χ3n) is 2.09. The normalized spacial score (nSPS) is 12.0. The van der Waals surface area contributed by atoms with Crippen LogP contribution in [0.15, 0.2) is 28.8 Å². The largest absolute Gasteiger partial charge is 0.481 e. The van der Waals surface area contributed by atoms with Gasteiger partial charge in [0.2, 0.25) is 0 Å². The van der Waals surface area contributed by atoms with Crippen LogP contribution in [-0.2, 0) is 4.79 Å². The van der Waals surface area contributed by atoms with Gasteiger partial charge in [-0.05, 0) is 23.8 Å². The number of rotatable bonds is 4. The van der Waals surface area contributed by atoms with Crippen LogP contribution in [0, 0.1) is 0 Å². The number of hydrogen-bond donors (Lipinski definition) is 1. The van der Waals surface area contributed by atoms with E-state index >= 15 is 0 Å². The Morgan fingerprint density at radius 1 is 1.29 bits per heavy atom. The second-order valence-electron chi connectivity index (χ2n) is 3.30. The Kier molecular flexibility index (Phi) is 5.60. The first-order valence-corrected chi connectivity index (χ1v) is 6.11. The number of allylic oxidation sites excluding steroid dienone is 1. The first kappa shape index (κ1) is 14.7. The molecule has 2 nitrogen and oxygen atoms in total. The van der Waals surface area contributed by atoms with Gasteiger partial charge in [-0.1, -0.05) is 52.5 Å². The number of hydrogen-bond acceptors (Lipinski definition) is 1. The van der Waals surface area contributed by atoms with Crippen molar-refractivity contribution in [3.63, 3.8) is 0 Å². The highest BCUT2D eigenvalue weighted by atomic mass is 35.5. The number of aliphatic carboxylic acids is 1. The summed E-state index contributed by atoms with van der Waals surface area (Å²) in [5.41, 5.74) is 0.511. The molecule has 17 heavy (non-hydrogen) atoms. The number of benzene rings is 1. The molecule has 6 heteroatoms. The molecule has 0 aliphatic rings. The Morgan fingerprint density at radius 2 is 1.82 bits per heavy atom. The molecule has 0 aliphatic heterocycles. The summed E-state index contributed by atoms with van der Waals surface area (Å²) in [5, 5.41) is 9.61. The predicted molar refractivity (Wildman–Crippen MR) is 71.2 cm³/mol. The van der Waals surface area contributed by atoms with Crippen molar-refractivity contribution in [1.29, 1.82) is 0 Å². The molecule has 0 aliphatic carbocycles. The van der Waals surface area contributed by atoms with Crippen molar-refractivity contribution in [3.8, 4) is 0 Å². The highest BCUT2D eigenvalue weighted by molar-refractivity contribution is 6.55. The van der Waals surface area contributed by atoms with Gasteiger partial charge in [-0.25, -0.2) is 0 Å². The molecule has 1 aromatic carbocycles. The van der Waals surface area contributed by atoms with E-state index in [9.17, 15) is 4.79 Å². The zero-order valence-corrected chi connectivity index (χ0v) is 11.5. The van der Waals surface area contributed by atoms with E-state index in [2.05, 4.69) is 0 Å². The van der Waals surface area contributed by atoms with Crippen LogP contribution in [0.4, 0.5) is 0 Å². The van der Waals surface area contributed by atoms with Crippen LogP contribution in [0.25, 0.3) is 0 Å². The zero-order valence-electron chi connectivity index (χ0n) is 8.46. The molecule has 0 saturated heterocycles. The van der Waals surface area contributed by atoms with E-state index in [1.807, 2.05) is 0 Å². The van der Waals surface area contributed by atoms with Gasteiger partial charge >= 0.3 is 5.97 Å². The highest BCUT2D eigenvalue weighted by Crippen LogP contribution is 2.35. The van der Waals surface area contributed by atoms with E-state index in [4.69, 9.17) is 51.5 Å². The first-order valence-electron chi connectivity index (χ1n) is 4.60. The summed E-state index contributed by atoms with van der Waals surface area (Å²) in [6.07, 6.45) is 1.22. The molecule has 0 fully saturated rings. The lowest BCUT2D eigenvalue weighted by atomic mass is 9.96. The SMILES string of the molecule is O=C(O)CC(C=C(Cl)Cl)c1c(Cl)cccc1Cl. The molecule has 0 aromatic heterocycles. The van der Waals surface area contributed by atoms with Crippen LogP contribution in [0.2, 0.25) is 10.0 Å². The Morgan fingerprint density at radius 3 is 2.24 bits per heavy atom. The average molecular weight is 314 g/mol. The summed E-state index contributed by atoms with van der Waals surface area (Å²) >= 11 is 23.1. The van der Waals surface area contributed by atoms with Gasteiger partial charge < -0.3 is 5.11 Å². The van der Waals surface area contributed by atoms with Crippen molar-refractivity contribution in [2.24, 2.45) is 0 Å². The third-order valence-corrected chi connectivity index (χ3v) is 3.00. The predicted octanol–water partition coefficient (Wildman–Crippen LogP) is 4.87. The number of carboxylic acid groups (broad SMARTS) is 1. The van der Waals surface area contributed by atoms with Gasteiger partial charge in [0.05, 0.1) is 6.42 Å². The van der Waals surface area contributed by atoms with Gasteiger partial charge in [0.1, 0.15) is 4.49 Å². The molecule has 92 valence electrons. The number of carbonyl (C=O) groups is 1. The van der Waals surface area contributed by atoms with Crippen LogP contribution in [0.1, 0.15) is 17.9 Å². The van der Waals surface area contributed by atoms with Gasteiger partial charge in [-0.2, -0.15) is 0 Å². The van der Waals surface area contributed by atoms with Gasteiger partial charge in [0.15, 0.2) is 0 Å². The lowest BCUT2D eigenvalue weighted by molar-refractivity contribution is -0.137. The Hall–Kier alpha value is -0.410. The molecule has 0 spiro atoms. The molecule has 0 radical (unpaired) electrons. The summed E-state index contributed by atoms with van der Waals surface area (Å²) in [6.45, 7) is 0. The summed E-state index contributed by atoms with van der Waals surface area (Å²) < 4.78 is -0.0211. The lowest BCUT2D eigenvalue weighted by Crippen LogP contribution is -2.05. The molecule has 0 heterocycles. The molecule has 0 amide bonds. The Bertz CT molecular complexity index is 433. The minimum atomic E-state index is -0.989. The fraction of sp³-hybridized carbons (Fsp3) is 0.182. The van der Waals surface area contributed by atoms with Crippen molar-refractivity contribution in [3.05, 3.63) is 44.4 Å². The maximum absolute atomic E-state index is 10.8. The van der Waals surface area contributed by atoms with Crippen LogP contribution >= 0.6 is 46.4 Å². The molecule has 0 saturated carbocycles. The second kappa shape index (κ2) is 6.50. The monoisotopic (exact) mass is 312 g/mol. The van der Waals surface area contributed by atoms with Crippen LogP contribution in [0.3, 0.4) is 0 Å². The van der Waals surface area contributed by atoms with Crippen molar-refractivity contribution >= 4 is 52.4 Å². The minimum absolute atomic E-state index is 0.0211. The maximum atomic E-state index is 10.8. The average Bonchev–Trinajstić information content (AvgIpc) is 2.14. The molecule has 0 bridgehead atoms. The minimum Gasteiger partial charge on any atom is -0.481 e. The smallest absolute Gasteiger partial charge is 0.304 e. The van der Waals surface area contributed by atoms with E-state index in [-0.39, 0.29) is 10.9 Å². The molecule has 1 N–H and O–H groups in total. The number of carboxylic acids is 1. The van der Waals surface area contributed by atoms with Crippen LogP contribution < -0.4 is 0 Å². The quantitative estimate of drug-likeness (QED) is 0.861. The first-order chi connectivity index (χ1) is 7.91. The van der Waals surface area contributed by atoms with Crippen molar-refractivity contribution in [2.45, 2.75) is 12.3 Å². The molecule has 1 aromatic rings. The van der Waals surface area contributed by atoms with Gasteiger partial charge in [-0.3, -0.25) is 4.79 Å².